The van der Waals surface area contributed by atoms with Crippen LogP contribution in [0.25, 0.3) is 0 Å². The Balaban J connectivity index is 2.45. The van der Waals surface area contributed by atoms with Crippen LogP contribution in [0.4, 0.5) is 0 Å². The van der Waals surface area contributed by atoms with Crippen molar-refractivity contribution < 1.29 is 4.74 Å². The van der Waals surface area contributed by atoms with Crippen LogP contribution in [0.5, 0.6) is 0 Å². The fourth-order valence-corrected chi connectivity index (χ4v) is 2.84. The molecule has 0 bridgehead atoms. The lowest BCUT2D eigenvalue weighted by Crippen LogP contribution is -2.52. The molecule has 0 aliphatic carbocycles. The van der Waals surface area contributed by atoms with Crippen LogP contribution in [0, 0.1) is 31.1 Å². The van der Waals surface area contributed by atoms with Gasteiger partial charge in [0.15, 0.2) is 0 Å². The second-order valence-electron chi connectivity index (χ2n) is 5.06. The van der Waals surface area contributed by atoms with E-state index >= 15 is 0 Å². The molecule has 0 radical (unpaired) electrons. The Morgan fingerprint density at radius 1 is 1.41 bits per heavy atom. The first-order valence-corrected chi connectivity index (χ1v) is 6.19. The molecule has 2 nitrogen and oxygen atoms in total. The van der Waals surface area contributed by atoms with Crippen molar-refractivity contribution in [3.05, 3.63) is 34.9 Å². The standard InChI is InChI=1S/C15H19NO/c1-4-13(8-16)15(9-17-10-15)14-6-5-11(2)7-12(14)3/h5-7,13H,4,9-10H2,1-3H3. The molecule has 1 aromatic rings. The minimum absolute atomic E-state index is 0.0534. The van der Waals surface area contributed by atoms with Crippen LogP contribution in [0.3, 0.4) is 0 Å². The molecule has 0 aromatic heterocycles. The summed E-state index contributed by atoms with van der Waals surface area (Å²) in [5, 5.41) is 9.33. The molecule has 1 fully saturated rings. The van der Waals surface area contributed by atoms with Gasteiger partial charge in [-0.3, -0.25) is 0 Å². The molecule has 0 amide bonds. The molecular weight excluding hydrogens is 210 g/mol. The summed E-state index contributed by atoms with van der Waals surface area (Å²) in [5.74, 6) is 0.0534. The fraction of sp³-hybridized carbons (Fsp3) is 0.533. The largest absolute Gasteiger partial charge is 0.379 e. The minimum Gasteiger partial charge on any atom is -0.379 e. The molecule has 1 saturated heterocycles. The zero-order chi connectivity index (χ0) is 12.5. The van der Waals surface area contributed by atoms with Crippen LogP contribution < -0.4 is 0 Å². The van der Waals surface area contributed by atoms with Crippen molar-refractivity contribution in [2.45, 2.75) is 32.6 Å². The van der Waals surface area contributed by atoms with E-state index in [1.54, 1.807) is 0 Å². The monoisotopic (exact) mass is 229 g/mol. The zero-order valence-electron chi connectivity index (χ0n) is 10.8. The third-order valence-corrected chi connectivity index (χ3v) is 3.87. The summed E-state index contributed by atoms with van der Waals surface area (Å²) in [7, 11) is 0. The lowest BCUT2D eigenvalue weighted by molar-refractivity contribution is -0.0807. The summed E-state index contributed by atoms with van der Waals surface area (Å²) < 4.78 is 5.41. The van der Waals surface area contributed by atoms with Gasteiger partial charge in [0, 0.05) is 0 Å². The van der Waals surface area contributed by atoms with E-state index in [1.165, 1.54) is 16.7 Å². The molecular formula is C15H19NO. The quantitative estimate of drug-likeness (QED) is 0.797. The third kappa shape index (κ3) is 1.85. The van der Waals surface area contributed by atoms with Crippen LogP contribution in [-0.4, -0.2) is 13.2 Å². The number of rotatable bonds is 3. The van der Waals surface area contributed by atoms with Crippen molar-refractivity contribution in [3.8, 4) is 6.07 Å². The molecule has 90 valence electrons. The van der Waals surface area contributed by atoms with E-state index in [0.29, 0.717) is 13.2 Å². The number of nitrogens with zero attached hydrogens (tertiary/aromatic N) is 1. The maximum atomic E-state index is 9.33. The van der Waals surface area contributed by atoms with Gasteiger partial charge in [0.1, 0.15) is 0 Å². The first kappa shape index (κ1) is 12.1. The number of hydrogen-bond acceptors (Lipinski definition) is 2. The molecule has 0 saturated carbocycles. The Morgan fingerprint density at radius 2 is 2.12 bits per heavy atom. The SMILES string of the molecule is CCC(C#N)C1(c2ccc(C)cc2C)COC1. The zero-order valence-corrected chi connectivity index (χ0v) is 10.8. The first-order chi connectivity index (χ1) is 8.14. The van der Waals surface area contributed by atoms with Gasteiger partial charge in [0.2, 0.25) is 0 Å². The van der Waals surface area contributed by atoms with Gasteiger partial charge in [0.25, 0.3) is 0 Å². The normalized spacial score (nSPS) is 19.2. The van der Waals surface area contributed by atoms with Gasteiger partial charge >= 0.3 is 0 Å². The topological polar surface area (TPSA) is 33.0 Å². The Hall–Kier alpha value is -1.33. The average molecular weight is 229 g/mol. The van der Waals surface area contributed by atoms with Crippen molar-refractivity contribution in [1.82, 2.24) is 0 Å². The maximum Gasteiger partial charge on any atom is 0.0666 e. The fourth-order valence-electron chi connectivity index (χ4n) is 2.84. The van der Waals surface area contributed by atoms with Gasteiger partial charge in [-0.2, -0.15) is 5.26 Å². The summed E-state index contributed by atoms with van der Waals surface area (Å²) in [6.45, 7) is 7.68. The van der Waals surface area contributed by atoms with Crippen LogP contribution in [0.1, 0.15) is 30.0 Å². The summed E-state index contributed by atoms with van der Waals surface area (Å²) in [6, 6.07) is 8.95. The number of nitriles is 1. The smallest absolute Gasteiger partial charge is 0.0666 e. The Bertz CT molecular complexity index is 454. The number of ether oxygens (including phenoxy) is 1. The lowest BCUT2D eigenvalue weighted by atomic mass is 9.67. The van der Waals surface area contributed by atoms with Gasteiger partial charge in [0.05, 0.1) is 30.6 Å². The van der Waals surface area contributed by atoms with Gasteiger partial charge in [-0.1, -0.05) is 30.7 Å². The van der Waals surface area contributed by atoms with Crippen LogP contribution in [-0.2, 0) is 10.2 Å². The summed E-state index contributed by atoms with van der Waals surface area (Å²) in [5.41, 5.74) is 3.78. The van der Waals surface area contributed by atoms with Crippen molar-refractivity contribution >= 4 is 0 Å². The summed E-state index contributed by atoms with van der Waals surface area (Å²) in [6.07, 6.45) is 0.882. The van der Waals surface area contributed by atoms with Crippen LogP contribution in [0.2, 0.25) is 0 Å². The highest BCUT2D eigenvalue weighted by Crippen LogP contribution is 2.42. The second-order valence-corrected chi connectivity index (χ2v) is 5.06. The lowest BCUT2D eigenvalue weighted by Gasteiger charge is -2.45. The van der Waals surface area contributed by atoms with E-state index in [-0.39, 0.29) is 11.3 Å². The van der Waals surface area contributed by atoms with E-state index < -0.39 is 0 Å². The molecule has 1 heterocycles. The Morgan fingerprint density at radius 3 is 2.53 bits per heavy atom. The minimum atomic E-state index is -0.0682. The van der Waals surface area contributed by atoms with Gasteiger partial charge in [-0.05, 0) is 31.4 Å². The van der Waals surface area contributed by atoms with E-state index in [2.05, 4.69) is 45.0 Å². The van der Waals surface area contributed by atoms with E-state index in [4.69, 9.17) is 4.74 Å². The molecule has 17 heavy (non-hydrogen) atoms. The molecule has 1 aliphatic heterocycles. The second kappa shape index (κ2) is 4.50. The summed E-state index contributed by atoms with van der Waals surface area (Å²) in [4.78, 5) is 0. The third-order valence-electron chi connectivity index (χ3n) is 3.87. The van der Waals surface area contributed by atoms with E-state index in [0.717, 1.165) is 6.42 Å². The first-order valence-electron chi connectivity index (χ1n) is 6.19. The van der Waals surface area contributed by atoms with E-state index in [9.17, 15) is 5.26 Å². The van der Waals surface area contributed by atoms with Crippen molar-refractivity contribution in [2.75, 3.05) is 13.2 Å². The highest BCUT2D eigenvalue weighted by molar-refractivity contribution is 5.40. The van der Waals surface area contributed by atoms with E-state index in [1.807, 2.05) is 0 Å². The van der Waals surface area contributed by atoms with Crippen molar-refractivity contribution in [2.24, 2.45) is 5.92 Å². The molecule has 0 spiro atoms. The average Bonchev–Trinajstić information content (AvgIpc) is 2.24. The predicted molar refractivity (Wildman–Crippen MR) is 67.8 cm³/mol. The molecule has 1 aromatic carbocycles. The molecule has 1 unspecified atom stereocenters. The molecule has 1 aliphatic rings. The van der Waals surface area contributed by atoms with Crippen LogP contribution in [0.15, 0.2) is 18.2 Å². The molecule has 2 rings (SSSR count). The Kier molecular flexibility index (Phi) is 3.22. The maximum absolute atomic E-state index is 9.33. The molecule has 0 N–H and O–H groups in total. The predicted octanol–water partition coefficient (Wildman–Crippen LogP) is 3.12. The highest BCUT2D eigenvalue weighted by Gasteiger charge is 2.47. The number of aryl methyl sites for hydroxylation is 2. The van der Waals surface area contributed by atoms with Crippen molar-refractivity contribution in [1.29, 1.82) is 5.26 Å². The van der Waals surface area contributed by atoms with Gasteiger partial charge in [-0.15, -0.1) is 0 Å². The van der Waals surface area contributed by atoms with Gasteiger partial charge < -0.3 is 4.74 Å². The van der Waals surface area contributed by atoms with Crippen LogP contribution >= 0.6 is 0 Å². The molecule has 2 heteroatoms. The highest BCUT2D eigenvalue weighted by atomic mass is 16.5. The summed E-state index contributed by atoms with van der Waals surface area (Å²) >= 11 is 0. The van der Waals surface area contributed by atoms with Crippen molar-refractivity contribution in [3.63, 3.8) is 0 Å². The number of benzene rings is 1. The molecule has 1 atom stereocenters. The Labute approximate surface area is 103 Å². The van der Waals surface area contributed by atoms with Gasteiger partial charge in [-0.25, -0.2) is 0 Å². The number of hydrogen-bond donors (Lipinski definition) is 0.